The number of hydrogen-bond acceptors (Lipinski definition) is 2. The zero-order valence-corrected chi connectivity index (χ0v) is 12.3. The molecule has 0 aliphatic heterocycles. The maximum atomic E-state index is 13.6. The van der Waals surface area contributed by atoms with Gasteiger partial charge in [-0.2, -0.15) is 0 Å². The Balaban J connectivity index is 2.07. The largest absolute Gasteiger partial charge is 0.469 e. The summed E-state index contributed by atoms with van der Waals surface area (Å²) in [7, 11) is 1.28. The SMILES string of the molecule is COC(=O)[C@H]1C=C[C@H](CCc2c(F)c(F)c(F)c(F)c2F)CC1. The third-order valence-corrected chi connectivity index (χ3v) is 4.03. The number of esters is 1. The van der Waals surface area contributed by atoms with Gasteiger partial charge in [0.05, 0.1) is 13.0 Å². The van der Waals surface area contributed by atoms with Crippen LogP contribution >= 0.6 is 0 Å². The van der Waals surface area contributed by atoms with Gasteiger partial charge in [-0.1, -0.05) is 12.2 Å². The molecule has 2 rings (SSSR count). The smallest absolute Gasteiger partial charge is 0.312 e. The summed E-state index contributed by atoms with van der Waals surface area (Å²) in [6.45, 7) is 0. The monoisotopic (exact) mass is 334 g/mol. The molecule has 0 aromatic heterocycles. The number of carbonyl (C=O) groups excluding carboxylic acids is 1. The van der Waals surface area contributed by atoms with Crippen molar-refractivity contribution in [2.24, 2.45) is 11.8 Å². The summed E-state index contributed by atoms with van der Waals surface area (Å²) >= 11 is 0. The first kappa shape index (κ1) is 17.4. The first-order valence-corrected chi connectivity index (χ1v) is 7.13. The molecule has 1 aromatic carbocycles. The first-order chi connectivity index (χ1) is 10.9. The van der Waals surface area contributed by atoms with E-state index in [1.165, 1.54) is 7.11 Å². The van der Waals surface area contributed by atoms with Crippen molar-refractivity contribution < 1.29 is 31.5 Å². The van der Waals surface area contributed by atoms with Gasteiger partial charge in [-0.3, -0.25) is 4.79 Å². The number of benzene rings is 1. The van der Waals surface area contributed by atoms with Gasteiger partial charge >= 0.3 is 5.97 Å². The maximum Gasteiger partial charge on any atom is 0.312 e. The molecule has 0 spiro atoms. The number of allylic oxidation sites excluding steroid dienone is 1. The van der Waals surface area contributed by atoms with Crippen LogP contribution in [-0.2, 0) is 16.0 Å². The predicted octanol–water partition coefficient (Wildman–Crippen LogP) is 4.07. The molecule has 23 heavy (non-hydrogen) atoms. The Morgan fingerprint density at radius 3 is 2.04 bits per heavy atom. The Morgan fingerprint density at radius 2 is 1.57 bits per heavy atom. The molecule has 2 atom stereocenters. The molecule has 0 radical (unpaired) electrons. The highest BCUT2D eigenvalue weighted by molar-refractivity contribution is 5.74. The van der Waals surface area contributed by atoms with Crippen molar-refractivity contribution >= 4 is 5.97 Å². The fourth-order valence-corrected chi connectivity index (χ4v) is 2.67. The Hall–Kier alpha value is -1.92. The summed E-state index contributed by atoms with van der Waals surface area (Å²) in [6, 6.07) is 0. The Bertz CT molecular complexity index is 613. The van der Waals surface area contributed by atoms with E-state index < -0.39 is 34.6 Å². The van der Waals surface area contributed by atoms with Gasteiger partial charge in [-0.05, 0) is 31.6 Å². The molecular formula is C16H15F5O2. The number of rotatable bonds is 4. The van der Waals surface area contributed by atoms with E-state index in [0.29, 0.717) is 12.8 Å². The zero-order valence-electron chi connectivity index (χ0n) is 12.3. The van der Waals surface area contributed by atoms with Crippen LogP contribution < -0.4 is 0 Å². The summed E-state index contributed by atoms with van der Waals surface area (Å²) in [5.74, 6) is -10.4. The fraction of sp³-hybridized carbons (Fsp3) is 0.438. The second kappa shape index (κ2) is 7.10. The second-order valence-corrected chi connectivity index (χ2v) is 5.44. The molecule has 1 aliphatic rings. The highest BCUT2D eigenvalue weighted by Crippen LogP contribution is 2.29. The van der Waals surface area contributed by atoms with Crippen molar-refractivity contribution in [1.82, 2.24) is 0 Å². The van der Waals surface area contributed by atoms with Crippen LogP contribution in [0.5, 0.6) is 0 Å². The highest BCUT2D eigenvalue weighted by Gasteiger charge is 2.27. The Labute approximate surface area is 129 Å². The number of methoxy groups -OCH3 is 1. The summed E-state index contributed by atoms with van der Waals surface area (Å²) in [6.07, 6.45) is 4.42. The Morgan fingerprint density at radius 1 is 1.00 bits per heavy atom. The molecule has 2 nitrogen and oxygen atoms in total. The highest BCUT2D eigenvalue weighted by atomic mass is 19.2. The van der Waals surface area contributed by atoms with E-state index in [2.05, 4.69) is 4.74 Å². The average Bonchev–Trinajstić information content (AvgIpc) is 2.58. The molecule has 0 heterocycles. The van der Waals surface area contributed by atoms with Crippen LogP contribution in [-0.4, -0.2) is 13.1 Å². The number of hydrogen-bond donors (Lipinski definition) is 0. The maximum absolute atomic E-state index is 13.6. The van der Waals surface area contributed by atoms with E-state index in [0.717, 1.165) is 0 Å². The first-order valence-electron chi connectivity index (χ1n) is 7.13. The van der Waals surface area contributed by atoms with Crippen molar-refractivity contribution in [2.45, 2.75) is 25.7 Å². The van der Waals surface area contributed by atoms with Crippen LogP contribution in [0.15, 0.2) is 12.2 Å². The van der Waals surface area contributed by atoms with E-state index in [9.17, 15) is 26.7 Å². The van der Waals surface area contributed by atoms with Gasteiger partial charge in [-0.15, -0.1) is 0 Å². The van der Waals surface area contributed by atoms with Gasteiger partial charge in [0.15, 0.2) is 23.3 Å². The van der Waals surface area contributed by atoms with Gasteiger partial charge in [0.2, 0.25) is 5.82 Å². The standard InChI is InChI=1S/C16H15F5O2/c1-23-16(22)9-5-2-8(3-6-9)4-7-10-11(17)13(19)15(21)14(20)12(10)18/h2,5,8-9H,3-4,6-7H2,1H3/t8-,9-/m0/s1. The topological polar surface area (TPSA) is 26.3 Å². The molecular weight excluding hydrogens is 319 g/mol. The normalized spacial score (nSPS) is 20.6. The van der Waals surface area contributed by atoms with Crippen molar-refractivity contribution in [3.63, 3.8) is 0 Å². The quantitative estimate of drug-likeness (QED) is 0.273. The van der Waals surface area contributed by atoms with Gasteiger partial charge in [-0.25, -0.2) is 22.0 Å². The van der Waals surface area contributed by atoms with E-state index in [-0.39, 0.29) is 30.6 Å². The zero-order chi connectivity index (χ0) is 17.1. The molecule has 0 amide bonds. The minimum Gasteiger partial charge on any atom is -0.469 e. The lowest BCUT2D eigenvalue weighted by Gasteiger charge is -2.21. The molecule has 0 saturated carbocycles. The van der Waals surface area contributed by atoms with E-state index >= 15 is 0 Å². The van der Waals surface area contributed by atoms with Crippen LogP contribution in [0.4, 0.5) is 22.0 Å². The molecule has 0 unspecified atom stereocenters. The molecule has 0 fully saturated rings. The Kier molecular flexibility index (Phi) is 5.38. The third kappa shape index (κ3) is 3.54. The predicted molar refractivity (Wildman–Crippen MR) is 71.9 cm³/mol. The molecule has 1 aromatic rings. The number of ether oxygens (including phenoxy) is 1. The van der Waals surface area contributed by atoms with Crippen molar-refractivity contribution in [2.75, 3.05) is 7.11 Å². The summed E-state index contributed by atoms with van der Waals surface area (Å²) in [5, 5.41) is 0. The molecule has 1 aliphatic carbocycles. The van der Waals surface area contributed by atoms with Crippen LogP contribution in [0.2, 0.25) is 0 Å². The van der Waals surface area contributed by atoms with Crippen molar-refractivity contribution in [1.29, 1.82) is 0 Å². The lowest BCUT2D eigenvalue weighted by atomic mass is 9.85. The summed E-state index contributed by atoms with van der Waals surface area (Å²) in [4.78, 5) is 11.4. The van der Waals surface area contributed by atoms with Gasteiger partial charge in [0.25, 0.3) is 0 Å². The van der Waals surface area contributed by atoms with Crippen LogP contribution in [0.25, 0.3) is 0 Å². The molecule has 126 valence electrons. The third-order valence-electron chi connectivity index (χ3n) is 4.03. The van der Waals surface area contributed by atoms with Crippen LogP contribution in [0.1, 0.15) is 24.8 Å². The van der Waals surface area contributed by atoms with Crippen LogP contribution in [0.3, 0.4) is 0 Å². The molecule has 7 heteroatoms. The lowest BCUT2D eigenvalue weighted by Crippen LogP contribution is -2.19. The van der Waals surface area contributed by atoms with Crippen molar-refractivity contribution in [3.8, 4) is 0 Å². The number of carbonyl (C=O) groups is 1. The van der Waals surface area contributed by atoms with Gasteiger partial charge in [0, 0.05) is 5.56 Å². The van der Waals surface area contributed by atoms with E-state index in [1.54, 1.807) is 12.2 Å². The van der Waals surface area contributed by atoms with Gasteiger partial charge in [0.1, 0.15) is 0 Å². The van der Waals surface area contributed by atoms with E-state index in [4.69, 9.17) is 0 Å². The van der Waals surface area contributed by atoms with Crippen molar-refractivity contribution in [3.05, 3.63) is 46.8 Å². The minimum absolute atomic E-state index is 0.0918. The molecule has 0 N–H and O–H groups in total. The summed E-state index contributed by atoms with van der Waals surface area (Å²) in [5.41, 5.74) is -0.801. The lowest BCUT2D eigenvalue weighted by molar-refractivity contribution is -0.144. The van der Waals surface area contributed by atoms with Gasteiger partial charge < -0.3 is 4.74 Å². The summed E-state index contributed by atoms with van der Waals surface area (Å²) < 4.78 is 71.0. The number of halogens is 5. The molecule has 0 saturated heterocycles. The minimum atomic E-state index is -2.15. The second-order valence-electron chi connectivity index (χ2n) is 5.44. The molecule has 0 bridgehead atoms. The van der Waals surface area contributed by atoms with E-state index in [1.807, 2.05) is 0 Å². The average molecular weight is 334 g/mol. The fourth-order valence-electron chi connectivity index (χ4n) is 2.67. The van der Waals surface area contributed by atoms with Crippen LogP contribution in [0, 0.1) is 40.9 Å².